The molecule has 3 rings (SSSR count). The van der Waals surface area contributed by atoms with Gasteiger partial charge in [-0.2, -0.15) is 17.0 Å². The lowest BCUT2D eigenvalue weighted by Gasteiger charge is -2.26. The van der Waals surface area contributed by atoms with Crippen molar-refractivity contribution in [1.82, 2.24) is 18.6 Å². The highest BCUT2D eigenvalue weighted by Gasteiger charge is 2.38. The molecule has 2 heterocycles. The molecular formula is C18H22FN5O3S. The number of rotatable bonds is 5. The van der Waals surface area contributed by atoms with Gasteiger partial charge in [0.25, 0.3) is 16.1 Å². The molecule has 150 valence electrons. The van der Waals surface area contributed by atoms with Gasteiger partial charge in [0.15, 0.2) is 0 Å². The lowest BCUT2D eigenvalue weighted by molar-refractivity contribution is 0.102. The van der Waals surface area contributed by atoms with Crippen LogP contribution in [0, 0.1) is 12.7 Å². The Morgan fingerprint density at radius 3 is 2.57 bits per heavy atom. The van der Waals surface area contributed by atoms with E-state index >= 15 is 0 Å². The van der Waals surface area contributed by atoms with Crippen molar-refractivity contribution in [3.05, 3.63) is 53.4 Å². The van der Waals surface area contributed by atoms with Crippen molar-refractivity contribution in [2.24, 2.45) is 0 Å². The van der Waals surface area contributed by atoms with Crippen molar-refractivity contribution >= 4 is 21.8 Å². The zero-order valence-electron chi connectivity index (χ0n) is 15.9. The molecule has 1 N–H and O–H groups in total. The van der Waals surface area contributed by atoms with Crippen LogP contribution in [0.2, 0.25) is 0 Å². The third-order valence-corrected chi connectivity index (χ3v) is 6.56. The van der Waals surface area contributed by atoms with E-state index in [2.05, 4.69) is 15.3 Å². The van der Waals surface area contributed by atoms with Crippen LogP contribution >= 0.6 is 0 Å². The molecule has 1 aromatic heterocycles. The quantitative estimate of drug-likeness (QED) is 0.819. The number of benzene rings is 1. The fraction of sp³-hybridized carbons (Fsp3) is 0.389. The van der Waals surface area contributed by atoms with Gasteiger partial charge in [-0.3, -0.25) is 4.79 Å². The van der Waals surface area contributed by atoms with Crippen LogP contribution in [0.3, 0.4) is 0 Å². The first kappa shape index (κ1) is 20.3. The molecule has 0 bridgehead atoms. The first-order chi connectivity index (χ1) is 13.2. The van der Waals surface area contributed by atoms with Crippen molar-refractivity contribution in [2.75, 3.05) is 26.0 Å². The van der Waals surface area contributed by atoms with E-state index in [9.17, 15) is 17.6 Å². The second-order valence-corrected chi connectivity index (χ2v) is 8.84. The highest BCUT2D eigenvalue weighted by molar-refractivity contribution is 7.86. The number of nitrogens with one attached hydrogen (secondary N) is 1. The molecular weight excluding hydrogens is 385 g/mol. The lowest BCUT2D eigenvalue weighted by atomic mass is 10.2. The number of amides is 1. The average Bonchev–Trinajstić information content (AvgIpc) is 3.14. The summed E-state index contributed by atoms with van der Waals surface area (Å²) < 4.78 is 40.6. The zero-order chi connectivity index (χ0) is 20.5. The van der Waals surface area contributed by atoms with E-state index in [0.717, 1.165) is 0 Å². The molecule has 1 fully saturated rings. The van der Waals surface area contributed by atoms with Crippen molar-refractivity contribution < 1.29 is 17.6 Å². The number of hydrogen-bond acceptors (Lipinski definition) is 5. The van der Waals surface area contributed by atoms with Gasteiger partial charge in [-0.25, -0.2) is 14.4 Å². The van der Waals surface area contributed by atoms with Crippen LogP contribution in [-0.2, 0) is 10.2 Å². The third-order valence-electron chi connectivity index (χ3n) is 4.60. The number of anilines is 1. The molecule has 1 saturated heterocycles. The number of carbonyl (C=O) groups excluding carboxylic acids is 1. The summed E-state index contributed by atoms with van der Waals surface area (Å²) in [6, 6.07) is 4.96. The molecule has 0 spiro atoms. The number of aromatic nitrogens is 2. The summed E-state index contributed by atoms with van der Waals surface area (Å²) in [5.41, 5.74) is 1.17. The van der Waals surface area contributed by atoms with E-state index in [0.29, 0.717) is 36.6 Å². The molecule has 0 unspecified atom stereocenters. The molecule has 2 aromatic rings. The average molecular weight is 407 g/mol. The van der Waals surface area contributed by atoms with Gasteiger partial charge in [0, 0.05) is 32.5 Å². The van der Waals surface area contributed by atoms with Crippen LogP contribution < -0.4 is 5.32 Å². The van der Waals surface area contributed by atoms with E-state index in [1.165, 1.54) is 53.2 Å². The maximum atomic E-state index is 13.0. The van der Waals surface area contributed by atoms with Crippen LogP contribution in [0.25, 0.3) is 0 Å². The summed E-state index contributed by atoms with van der Waals surface area (Å²) in [5, 5.41) is 2.66. The van der Waals surface area contributed by atoms with Gasteiger partial charge in [0.05, 0.1) is 17.3 Å². The van der Waals surface area contributed by atoms with Crippen molar-refractivity contribution in [1.29, 1.82) is 0 Å². The number of hydrogen-bond donors (Lipinski definition) is 1. The Balaban J connectivity index is 1.82. The highest BCUT2D eigenvalue weighted by Crippen LogP contribution is 2.33. The Morgan fingerprint density at radius 2 is 1.96 bits per heavy atom. The van der Waals surface area contributed by atoms with Crippen molar-refractivity contribution in [2.45, 2.75) is 25.8 Å². The Morgan fingerprint density at radius 1 is 1.29 bits per heavy atom. The Bertz CT molecular complexity index is 979. The van der Waals surface area contributed by atoms with Gasteiger partial charge in [-0.15, -0.1) is 0 Å². The smallest absolute Gasteiger partial charge is 0.282 e. The molecule has 10 heteroatoms. The predicted molar refractivity (Wildman–Crippen MR) is 102 cm³/mol. The molecule has 0 saturated carbocycles. The van der Waals surface area contributed by atoms with Gasteiger partial charge >= 0.3 is 0 Å². The minimum atomic E-state index is -3.58. The van der Waals surface area contributed by atoms with Crippen LogP contribution in [0.4, 0.5) is 10.1 Å². The normalized spacial score (nSPS) is 17.8. The van der Waals surface area contributed by atoms with E-state index in [1.807, 2.05) is 0 Å². The zero-order valence-corrected chi connectivity index (χ0v) is 16.7. The van der Waals surface area contributed by atoms with Crippen LogP contribution in [0.5, 0.6) is 0 Å². The monoisotopic (exact) mass is 407 g/mol. The topological polar surface area (TPSA) is 95.5 Å². The van der Waals surface area contributed by atoms with Gasteiger partial charge in [-0.05, 0) is 44.0 Å². The number of halogens is 1. The van der Waals surface area contributed by atoms with Gasteiger partial charge < -0.3 is 5.32 Å². The number of nitrogens with zero attached hydrogens (tertiary/aromatic N) is 4. The molecule has 0 radical (unpaired) electrons. The Hall–Kier alpha value is -2.43. The standard InChI is InChI=1S/C18H22FN5O3S/c1-12-15(18(25)22-14-8-6-13(19)7-9-14)11-20-17(21-12)16-5-4-10-24(16)28(26,27)23(2)3/h6-9,11,16H,4-5,10H2,1-3H3,(H,22,25)/t16-/m0/s1. The Kier molecular flexibility index (Phi) is 5.73. The SMILES string of the molecule is Cc1nc([C@@H]2CCCN2S(=O)(=O)N(C)C)ncc1C(=O)Nc1ccc(F)cc1. The van der Waals surface area contributed by atoms with Crippen LogP contribution in [0.1, 0.15) is 40.8 Å². The van der Waals surface area contributed by atoms with E-state index in [1.54, 1.807) is 6.92 Å². The fourth-order valence-corrected chi connectivity index (χ4v) is 4.38. The first-order valence-electron chi connectivity index (χ1n) is 8.80. The second kappa shape index (κ2) is 7.90. The summed E-state index contributed by atoms with van der Waals surface area (Å²) in [6.07, 6.45) is 2.73. The predicted octanol–water partition coefficient (Wildman–Crippen LogP) is 2.12. The lowest BCUT2D eigenvalue weighted by Crippen LogP contribution is -2.40. The van der Waals surface area contributed by atoms with Gasteiger partial charge in [-0.1, -0.05) is 0 Å². The maximum Gasteiger partial charge on any atom is 0.282 e. The minimum absolute atomic E-state index is 0.271. The van der Waals surface area contributed by atoms with Crippen LogP contribution in [0.15, 0.2) is 30.5 Å². The van der Waals surface area contributed by atoms with Gasteiger partial charge in [0.1, 0.15) is 11.6 Å². The summed E-state index contributed by atoms with van der Waals surface area (Å²) in [7, 11) is -0.609. The molecule has 1 aromatic carbocycles. The fourth-order valence-electron chi connectivity index (χ4n) is 3.08. The molecule has 28 heavy (non-hydrogen) atoms. The molecule has 1 atom stereocenters. The first-order valence-corrected chi connectivity index (χ1v) is 10.2. The summed E-state index contributed by atoms with van der Waals surface area (Å²) in [4.78, 5) is 21.1. The molecule has 0 aliphatic carbocycles. The second-order valence-electron chi connectivity index (χ2n) is 6.75. The van der Waals surface area contributed by atoms with Crippen molar-refractivity contribution in [3.8, 4) is 0 Å². The Labute approximate surface area is 163 Å². The largest absolute Gasteiger partial charge is 0.322 e. The minimum Gasteiger partial charge on any atom is -0.322 e. The van der Waals surface area contributed by atoms with Crippen LogP contribution in [-0.4, -0.2) is 53.5 Å². The number of aryl methyl sites for hydroxylation is 1. The summed E-state index contributed by atoms with van der Waals surface area (Å²) >= 11 is 0. The molecule has 1 aliphatic rings. The third kappa shape index (κ3) is 4.03. The molecule has 1 aliphatic heterocycles. The molecule has 1 amide bonds. The van der Waals surface area contributed by atoms with E-state index in [-0.39, 0.29) is 5.56 Å². The van der Waals surface area contributed by atoms with Gasteiger partial charge in [0.2, 0.25) is 0 Å². The van der Waals surface area contributed by atoms with E-state index < -0.39 is 28.0 Å². The van der Waals surface area contributed by atoms with E-state index in [4.69, 9.17) is 0 Å². The summed E-state index contributed by atoms with van der Waals surface area (Å²) in [5.74, 6) is -0.436. The highest BCUT2D eigenvalue weighted by atomic mass is 32.2. The van der Waals surface area contributed by atoms with Crippen molar-refractivity contribution in [3.63, 3.8) is 0 Å². The molecule has 8 nitrogen and oxygen atoms in total. The maximum absolute atomic E-state index is 13.0. The number of carbonyl (C=O) groups is 1. The summed E-state index contributed by atoms with van der Waals surface area (Å²) in [6.45, 7) is 2.07.